The van der Waals surface area contributed by atoms with Crippen molar-refractivity contribution in [1.29, 1.82) is 0 Å². The van der Waals surface area contributed by atoms with Crippen LogP contribution in [0, 0.1) is 4.91 Å². The highest BCUT2D eigenvalue weighted by molar-refractivity contribution is 6.60. The minimum atomic E-state index is -1.68. The minimum Gasteiger partial charge on any atom is -0.423 e. The summed E-state index contributed by atoms with van der Waals surface area (Å²) in [5, 5.41) is 17.8. The lowest BCUT2D eigenvalue weighted by molar-refractivity contribution is -0.736. The Labute approximate surface area is 75.2 Å². The first kappa shape index (κ1) is 9.69. The van der Waals surface area contributed by atoms with E-state index < -0.39 is 7.12 Å². The van der Waals surface area contributed by atoms with Crippen LogP contribution in [-0.2, 0) is 4.84 Å². The second kappa shape index (κ2) is 4.02. The number of hydrogen-bond donors (Lipinski definition) is 2. The predicted molar refractivity (Wildman–Crippen MR) is 46.6 cm³/mol. The van der Waals surface area contributed by atoms with Crippen LogP contribution in [0.15, 0.2) is 24.3 Å². The number of hydrogen-bond acceptors (Lipinski definition) is 4. The Morgan fingerprint density at radius 3 is 2.54 bits per heavy atom. The molecule has 1 rings (SSSR count). The topological polar surface area (TPSA) is 69.8 Å². The number of benzene rings is 1. The summed E-state index contributed by atoms with van der Waals surface area (Å²) in [4.78, 5) is 15.6. The van der Waals surface area contributed by atoms with Gasteiger partial charge in [-0.2, -0.15) is 0 Å². The summed E-state index contributed by atoms with van der Waals surface area (Å²) in [6.45, 7) is 0. The standard InChI is InChI=1S/C7H9BNO4/c1-13-9(12)7-5-3-2-4-6(7)8(10)11/h2-5,10-11H,1H3/q+1. The molecule has 1 aromatic rings. The molecule has 13 heavy (non-hydrogen) atoms. The molecule has 0 saturated heterocycles. The SMILES string of the molecule is CO[N+](=O)c1ccccc1B(O)O. The molecule has 0 fully saturated rings. The Hall–Kier alpha value is -1.40. The molecule has 5 nitrogen and oxygen atoms in total. The van der Waals surface area contributed by atoms with Gasteiger partial charge in [0, 0.05) is 6.07 Å². The fourth-order valence-electron chi connectivity index (χ4n) is 0.970. The molecule has 0 aliphatic carbocycles. The van der Waals surface area contributed by atoms with E-state index in [1.807, 2.05) is 0 Å². The van der Waals surface area contributed by atoms with Crippen LogP contribution in [0.4, 0.5) is 5.69 Å². The molecular weight excluding hydrogens is 173 g/mol. The summed E-state index contributed by atoms with van der Waals surface area (Å²) in [6, 6.07) is 6.07. The summed E-state index contributed by atoms with van der Waals surface area (Å²) in [6.07, 6.45) is 0. The van der Waals surface area contributed by atoms with Crippen LogP contribution in [-0.4, -0.2) is 29.2 Å². The van der Waals surface area contributed by atoms with Gasteiger partial charge in [0.05, 0.1) is 10.4 Å². The van der Waals surface area contributed by atoms with Gasteiger partial charge in [-0.25, -0.2) is 4.84 Å². The van der Waals surface area contributed by atoms with Gasteiger partial charge in [0.1, 0.15) is 0 Å². The predicted octanol–water partition coefficient (Wildman–Crippen LogP) is -0.662. The first-order valence-electron chi connectivity index (χ1n) is 3.63. The van der Waals surface area contributed by atoms with E-state index in [1.165, 1.54) is 19.2 Å². The first-order valence-corrected chi connectivity index (χ1v) is 3.63. The minimum absolute atomic E-state index is 0.0833. The van der Waals surface area contributed by atoms with Crippen LogP contribution in [0.2, 0.25) is 0 Å². The molecule has 0 aromatic heterocycles. The van der Waals surface area contributed by atoms with E-state index in [0.717, 1.165) is 0 Å². The molecule has 1 aromatic carbocycles. The Morgan fingerprint density at radius 2 is 2.00 bits per heavy atom. The van der Waals surface area contributed by atoms with Crippen LogP contribution >= 0.6 is 0 Å². The van der Waals surface area contributed by atoms with Gasteiger partial charge in [0.25, 0.3) is 4.92 Å². The van der Waals surface area contributed by atoms with Gasteiger partial charge in [-0.1, -0.05) is 18.2 Å². The van der Waals surface area contributed by atoms with Gasteiger partial charge in [-0.05, 0) is 0 Å². The molecule has 0 radical (unpaired) electrons. The highest BCUT2D eigenvalue weighted by Crippen LogP contribution is 2.07. The van der Waals surface area contributed by atoms with Crippen LogP contribution in [0.3, 0.4) is 0 Å². The second-order valence-electron chi connectivity index (χ2n) is 2.37. The average Bonchev–Trinajstić information content (AvgIpc) is 2.16. The van der Waals surface area contributed by atoms with E-state index in [0.29, 0.717) is 0 Å². The monoisotopic (exact) mass is 182 g/mol. The van der Waals surface area contributed by atoms with Crippen molar-refractivity contribution in [2.45, 2.75) is 0 Å². The van der Waals surface area contributed by atoms with E-state index >= 15 is 0 Å². The number of para-hydroxylation sites is 1. The maximum atomic E-state index is 11.0. The van der Waals surface area contributed by atoms with Crippen molar-refractivity contribution in [3.63, 3.8) is 0 Å². The quantitative estimate of drug-likeness (QED) is 0.480. The smallest absolute Gasteiger partial charge is 0.423 e. The maximum Gasteiger partial charge on any atom is 0.495 e. The zero-order valence-corrected chi connectivity index (χ0v) is 7.04. The fraction of sp³-hybridized carbons (Fsp3) is 0.143. The molecule has 0 amide bonds. The van der Waals surface area contributed by atoms with Gasteiger partial charge < -0.3 is 10.0 Å². The van der Waals surface area contributed by atoms with Gasteiger partial charge in [0.2, 0.25) is 0 Å². The van der Waals surface area contributed by atoms with E-state index in [1.54, 1.807) is 12.1 Å². The third-order valence-corrected chi connectivity index (χ3v) is 1.58. The number of nitrogens with zero attached hydrogens (tertiary/aromatic N) is 1. The van der Waals surface area contributed by atoms with Gasteiger partial charge in [-0.15, -0.1) is 0 Å². The molecule has 0 unspecified atom stereocenters. The molecule has 0 aliphatic rings. The highest BCUT2D eigenvalue weighted by Gasteiger charge is 2.26. The Bertz CT molecular complexity index is 315. The molecule has 68 valence electrons. The zero-order chi connectivity index (χ0) is 9.84. The van der Waals surface area contributed by atoms with Crippen LogP contribution in [0.25, 0.3) is 0 Å². The van der Waals surface area contributed by atoms with Crippen LogP contribution in [0.1, 0.15) is 0 Å². The summed E-state index contributed by atoms with van der Waals surface area (Å²) in [5.41, 5.74) is 0.194. The Morgan fingerprint density at radius 1 is 1.38 bits per heavy atom. The molecule has 0 spiro atoms. The van der Waals surface area contributed by atoms with E-state index in [9.17, 15) is 4.91 Å². The third kappa shape index (κ3) is 2.04. The Balaban J connectivity index is 3.12. The molecule has 0 heterocycles. The van der Waals surface area contributed by atoms with E-state index in [2.05, 4.69) is 4.84 Å². The molecule has 0 atom stereocenters. The normalized spacial score (nSPS) is 9.46. The van der Waals surface area contributed by atoms with Gasteiger partial charge in [0.15, 0.2) is 7.11 Å². The summed E-state index contributed by atoms with van der Waals surface area (Å²) in [5.74, 6) is 0. The van der Waals surface area contributed by atoms with Crippen molar-refractivity contribution in [3.8, 4) is 0 Å². The van der Waals surface area contributed by atoms with Gasteiger partial charge >= 0.3 is 12.8 Å². The Kier molecular flexibility index (Phi) is 3.00. The van der Waals surface area contributed by atoms with Crippen molar-refractivity contribution in [3.05, 3.63) is 29.2 Å². The second-order valence-corrected chi connectivity index (χ2v) is 2.37. The lowest BCUT2D eigenvalue weighted by atomic mass is 9.79. The van der Waals surface area contributed by atoms with E-state index in [-0.39, 0.29) is 16.1 Å². The third-order valence-electron chi connectivity index (χ3n) is 1.58. The van der Waals surface area contributed by atoms with Crippen molar-refractivity contribution >= 4 is 18.3 Å². The van der Waals surface area contributed by atoms with Crippen molar-refractivity contribution < 1.29 is 19.8 Å². The summed E-state index contributed by atoms with van der Waals surface area (Å²) < 4.78 is 0. The largest absolute Gasteiger partial charge is 0.495 e. The number of rotatable bonds is 3. The summed E-state index contributed by atoms with van der Waals surface area (Å²) in [7, 11) is -0.476. The highest BCUT2D eigenvalue weighted by atomic mass is 16.8. The summed E-state index contributed by atoms with van der Waals surface area (Å²) >= 11 is 0. The molecule has 0 bridgehead atoms. The lowest BCUT2D eigenvalue weighted by Gasteiger charge is -1.97. The zero-order valence-electron chi connectivity index (χ0n) is 7.04. The fourth-order valence-corrected chi connectivity index (χ4v) is 0.970. The maximum absolute atomic E-state index is 11.0. The van der Waals surface area contributed by atoms with Crippen molar-refractivity contribution in [1.82, 2.24) is 0 Å². The lowest BCUT2D eigenvalue weighted by Crippen LogP contribution is -2.32. The van der Waals surface area contributed by atoms with Crippen molar-refractivity contribution in [2.24, 2.45) is 0 Å². The van der Waals surface area contributed by atoms with Crippen LogP contribution < -0.4 is 5.46 Å². The van der Waals surface area contributed by atoms with E-state index in [4.69, 9.17) is 10.0 Å². The molecule has 0 aliphatic heterocycles. The first-order chi connectivity index (χ1) is 6.16. The molecular formula is C7H9BNO4+. The average molecular weight is 182 g/mol. The van der Waals surface area contributed by atoms with Crippen LogP contribution in [0.5, 0.6) is 0 Å². The van der Waals surface area contributed by atoms with Gasteiger partial charge in [-0.3, -0.25) is 0 Å². The van der Waals surface area contributed by atoms with Crippen molar-refractivity contribution in [2.75, 3.05) is 7.11 Å². The molecule has 6 heteroatoms. The molecule has 2 N–H and O–H groups in total. The molecule has 0 saturated carbocycles.